The van der Waals surface area contributed by atoms with Crippen LogP contribution in [0.2, 0.25) is 0 Å². The van der Waals surface area contributed by atoms with Crippen molar-refractivity contribution in [1.29, 1.82) is 0 Å². The lowest BCUT2D eigenvalue weighted by Crippen LogP contribution is -2.42. The number of nitrogens with two attached hydrogens (primary N) is 1. The summed E-state index contributed by atoms with van der Waals surface area (Å²) in [5.41, 5.74) is 7.33. The molecule has 1 saturated heterocycles. The van der Waals surface area contributed by atoms with E-state index >= 15 is 0 Å². The Morgan fingerprint density at radius 3 is 2.79 bits per heavy atom. The Morgan fingerprint density at radius 2 is 2.07 bits per heavy atom. The zero-order valence-electron chi connectivity index (χ0n) is 8.52. The van der Waals surface area contributed by atoms with Gasteiger partial charge in [-0.15, -0.1) is 0 Å². The number of piperidine rings is 1. The first-order valence-corrected chi connectivity index (χ1v) is 5.36. The van der Waals surface area contributed by atoms with Gasteiger partial charge in [0.05, 0.1) is 0 Å². The summed E-state index contributed by atoms with van der Waals surface area (Å²) in [6, 6.07) is 11.0. The quantitative estimate of drug-likeness (QED) is 0.767. The number of rotatable bonds is 2. The maximum Gasteiger partial charge on any atom is 0.0234 e. The summed E-state index contributed by atoms with van der Waals surface area (Å²) < 4.78 is 0. The monoisotopic (exact) mass is 190 g/mol. The third kappa shape index (κ3) is 2.56. The fraction of sp³-hybridized carbons (Fsp3) is 0.500. The predicted octanol–water partition coefficient (Wildman–Crippen LogP) is 1.61. The highest BCUT2D eigenvalue weighted by atomic mass is 15.1. The minimum atomic E-state index is 0.382. The molecule has 0 radical (unpaired) electrons. The van der Waals surface area contributed by atoms with Crippen molar-refractivity contribution in [3.63, 3.8) is 0 Å². The Kier molecular flexibility index (Phi) is 3.17. The van der Waals surface area contributed by atoms with Crippen molar-refractivity contribution < 1.29 is 0 Å². The summed E-state index contributed by atoms with van der Waals surface area (Å²) in [6.07, 6.45) is 2.43. The number of benzene rings is 1. The van der Waals surface area contributed by atoms with E-state index in [1.54, 1.807) is 0 Å². The second-order valence-electron chi connectivity index (χ2n) is 4.12. The normalized spacial score (nSPS) is 23.6. The zero-order valence-corrected chi connectivity index (χ0v) is 8.52. The van der Waals surface area contributed by atoms with E-state index in [1.165, 1.54) is 24.9 Å². The molecule has 2 rings (SSSR count). The number of likely N-dealkylation sites (tertiary alicyclic amines) is 1. The summed E-state index contributed by atoms with van der Waals surface area (Å²) in [5.74, 6) is 0. The Morgan fingerprint density at radius 1 is 1.29 bits per heavy atom. The van der Waals surface area contributed by atoms with E-state index in [9.17, 15) is 0 Å². The maximum atomic E-state index is 5.94. The van der Waals surface area contributed by atoms with Crippen LogP contribution in [0.25, 0.3) is 0 Å². The molecule has 0 saturated carbocycles. The second kappa shape index (κ2) is 4.58. The van der Waals surface area contributed by atoms with Crippen LogP contribution in [0.4, 0.5) is 0 Å². The molecule has 2 nitrogen and oxygen atoms in total. The van der Waals surface area contributed by atoms with Crippen molar-refractivity contribution in [3.05, 3.63) is 35.9 Å². The van der Waals surface area contributed by atoms with Gasteiger partial charge in [0.15, 0.2) is 0 Å². The van der Waals surface area contributed by atoms with Gasteiger partial charge in [-0.25, -0.2) is 0 Å². The first kappa shape index (κ1) is 9.69. The molecule has 1 atom stereocenters. The Bertz CT molecular complexity index is 271. The van der Waals surface area contributed by atoms with E-state index in [-0.39, 0.29) is 0 Å². The maximum absolute atomic E-state index is 5.94. The lowest BCUT2D eigenvalue weighted by molar-refractivity contribution is 0.201. The molecule has 0 bridgehead atoms. The molecule has 1 fully saturated rings. The highest BCUT2D eigenvalue weighted by Crippen LogP contribution is 2.11. The van der Waals surface area contributed by atoms with Gasteiger partial charge in [0.2, 0.25) is 0 Å². The van der Waals surface area contributed by atoms with Crippen molar-refractivity contribution in [3.8, 4) is 0 Å². The van der Waals surface area contributed by atoms with Crippen molar-refractivity contribution in [2.75, 3.05) is 13.1 Å². The molecule has 0 amide bonds. The number of hydrogen-bond donors (Lipinski definition) is 1. The van der Waals surface area contributed by atoms with Gasteiger partial charge in [-0.2, -0.15) is 0 Å². The van der Waals surface area contributed by atoms with E-state index in [0.29, 0.717) is 6.04 Å². The molecule has 1 aliphatic heterocycles. The Balaban J connectivity index is 1.91. The summed E-state index contributed by atoms with van der Waals surface area (Å²) in [7, 11) is 0. The molecule has 0 aliphatic carbocycles. The largest absolute Gasteiger partial charge is 0.327 e. The van der Waals surface area contributed by atoms with Crippen molar-refractivity contribution in [2.24, 2.45) is 5.73 Å². The van der Waals surface area contributed by atoms with Gasteiger partial charge in [0.1, 0.15) is 0 Å². The third-order valence-electron chi connectivity index (χ3n) is 2.79. The first-order chi connectivity index (χ1) is 6.84. The van der Waals surface area contributed by atoms with Gasteiger partial charge in [0.25, 0.3) is 0 Å². The number of hydrogen-bond acceptors (Lipinski definition) is 2. The Hall–Kier alpha value is -0.860. The van der Waals surface area contributed by atoms with Crippen LogP contribution < -0.4 is 5.73 Å². The zero-order chi connectivity index (χ0) is 9.80. The first-order valence-electron chi connectivity index (χ1n) is 5.36. The molecular formula is C12H18N2. The highest BCUT2D eigenvalue weighted by Gasteiger charge is 2.15. The van der Waals surface area contributed by atoms with Gasteiger partial charge in [-0.05, 0) is 24.9 Å². The second-order valence-corrected chi connectivity index (χ2v) is 4.12. The molecule has 76 valence electrons. The van der Waals surface area contributed by atoms with E-state index in [1.807, 2.05) is 0 Å². The molecule has 1 heterocycles. The molecular weight excluding hydrogens is 172 g/mol. The fourth-order valence-electron chi connectivity index (χ4n) is 2.08. The summed E-state index contributed by atoms with van der Waals surface area (Å²) in [5, 5.41) is 0. The van der Waals surface area contributed by atoms with E-state index in [4.69, 9.17) is 5.73 Å². The van der Waals surface area contributed by atoms with Crippen molar-refractivity contribution >= 4 is 0 Å². The van der Waals surface area contributed by atoms with E-state index in [2.05, 4.69) is 35.2 Å². The average molecular weight is 190 g/mol. The number of nitrogens with zero attached hydrogens (tertiary/aromatic N) is 1. The SMILES string of the molecule is NC1CCCN(Cc2ccccc2)C1. The van der Waals surface area contributed by atoms with Crippen LogP contribution in [0.3, 0.4) is 0 Å². The molecule has 1 aliphatic rings. The fourth-order valence-corrected chi connectivity index (χ4v) is 2.08. The molecule has 14 heavy (non-hydrogen) atoms. The van der Waals surface area contributed by atoms with Crippen molar-refractivity contribution in [2.45, 2.75) is 25.4 Å². The summed E-state index contributed by atoms with van der Waals surface area (Å²) >= 11 is 0. The summed E-state index contributed by atoms with van der Waals surface area (Å²) in [4.78, 5) is 2.45. The average Bonchev–Trinajstić information content (AvgIpc) is 2.19. The van der Waals surface area contributed by atoms with Crippen molar-refractivity contribution in [1.82, 2.24) is 4.90 Å². The molecule has 0 spiro atoms. The molecule has 0 aromatic heterocycles. The van der Waals surface area contributed by atoms with E-state index in [0.717, 1.165) is 13.1 Å². The van der Waals surface area contributed by atoms with Crippen LogP contribution in [-0.2, 0) is 6.54 Å². The van der Waals surface area contributed by atoms with Gasteiger partial charge in [-0.3, -0.25) is 4.90 Å². The smallest absolute Gasteiger partial charge is 0.0234 e. The van der Waals surface area contributed by atoms with Crippen LogP contribution in [0.15, 0.2) is 30.3 Å². The molecule has 1 aromatic rings. The highest BCUT2D eigenvalue weighted by molar-refractivity contribution is 5.14. The van der Waals surface area contributed by atoms with Crippen LogP contribution in [0.5, 0.6) is 0 Å². The van der Waals surface area contributed by atoms with E-state index < -0.39 is 0 Å². The van der Waals surface area contributed by atoms with Gasteiger partial charge < -0.3 is 5.73 Å². The summed E-state index contributed by atoms with van der Waals surface area (Å²) in [6.45, 7) is 3.30. The molecule has 2 N–H and O–H groups in total. The van der Waals surface area contributed by atoms with Crippen LogP contribution in [-0.4, -0.2) is 24.0 Å². The minimum Gasteiger partial charge on any atom is -0.327 e. The molecule has 1 unspecified atom stereocenters. The topological polar surface area (TPSA) is 29.3 Å². The lowest BCUT2D eigenvalue weighted by atomic mass is 10.1. The minimum absolute atomic E-state index is 0.382. The predicted molar refractivity (Wildman–Crippen MR) is 58.9 cm³/mol. The van der Waals surface area contributed by atoms with Gasteiger partial charge >= 0.3 is 0 Å². The van der Waals surface area contributed by atoms with Crippen LogP contribution >= 0.6 is 0 Å². The Labute approximate surface area is 85.7 Å². The van der Waals surface area contributed by atoms with Crippen LogP contribution in [0, 0.1) is 0 Å². The molecule has 1 aromatic carbocycles. The van der Waals surface area contributed by atoms with Crippen LogP contribution in [0.1, 0.15) is 18.4 Å². The molecule has 2 heteroatoms. The van der Waals surface area contributed by atoms with Gasteiger partial charge in [0, 0.05) is 19.1 Å². The standard InChI is InChI=1S/C12H18N2/c13-12-7-4-8-14(10-12)9-11-5-2-1-3-6-11/h1-3,5-6,12H,4,7-10,13H2. The third-order valence-corrected chi connectivity index (χ3v) is 2.79. The lowest BCUT2D eigenvalue weighted by Gasteiger charge is -2.30. The van der Waals surface area contributed by atoms with Gasteiger partial charge in [-0.1, -0.05) is 30.3 Å².